The Bertz CT molecular complexity index is 722. The van der Waals surface area contributed by atoms with Crippen molar-refractivity contribution in [3.05, 3.63) is 35.9 Å². The maximum Gasteiger partial charge on any atom is 0.454 e. The number of amides is 1. The molecule has 29 heavy (non-hydrogen) atoms. The number of nitrogens with one attached hydrogen (secondary N) is 1. The molecule has 0 spiro atoms. The van der Waals surface area contributed by atoms with Gasteiger partial charge in [0.1, 0.15) is 13.1 Å². The van der Waals surface area contributed by atoms with Crippen LogP contribution in [-0.2, 0) is 30.4 Å². The van der Waals surface area contributed by atoms with Gasteiger partial charge in [-0.15, -0.1) is 0 Å². The highest BCUT2D eigenvalue weighted by molar-refractivity contribution is 5.89. The van der Waals surface area contributed by atoms with E-state index in [-0.39, 0.29) is 13.0 Å². The summed E-state index contributed by atoms with van der Waals surface area (Å²) in [5.41, 5.74) is 0.685. The first-order valence-electron chi connectivity index (χ1n) is 9.48. The van der Waals surface area contributed by atoms with Gasteiger partial charge >= 0.3 is 24.0 Å². The highest BCUT2D eigenvalue weighted by Gasteiger charge is 2.46. The Kier molecular flexibility index (Phi) is 9.27. The largest absolute Gasteiger partial charge is 0.454 e. The van der Waals surface area contributed by atoms with Crippen molar-refractivity contribution < 1.29 is 33.4 Å². The molecule has 0 aliphatic carbocycles. The van der Waals surface area contributed by atoms with Crippen LogP contribution in [0.5, 0.6) is 0 Å². The van der Waals surface area contributed by atoms with E-state index in [1.807, 2.05) is 13.0 Å². The lowest BCUT2D eigenvalue weighted by atomic mass is 10.2. The molecule has 0 fully saturated rings. The molecule has 1 aromatic rings. The quantitative estimate of drug-likeness (QED) is 0.255. The lowest BCUT2D eigenvalue weighted by Gasteiger charge is -2.35. The second kappa shape index (κ2) is 11.2. The van der Waals surface area contributed by atoms with Crippen LogP contribution in [0.15, 0.2) is 30.3 Å². The lowest BCUT2D eigenvalue weighted by Crippen LogP contribution is -2.61. The Morgan fingerprint density at radius 1 is 1.17 bits per heavy atom. The Morgan fingerprint density at radius 2 is 1.79 bits per heavy atom. The van der Waals surface area contributed by atoms with Crippen LogP contribution in [-0.4, -0.2) is 53.4 Å². The van der Waals surface area contributed by atoms with Gasteiger partial charge in [0.2, 0.25) is 0 Å². The standard InChI is InChI=1S/C20H30N3O6/c1-6-7-13-27-20(26)22(19(21)23(5,15(2)3)29-16(4)24)28-18(25)14-17-11-9-8-10-12-17/h8-12,15,21H,6-7,13-14H2,1-5H3/q+1. The molecule has 160 valence electrons. The third-order valence-corrected chi connectivity index (χ3v) is 4.19. The molecule has 1 amide bonds. The average Bonchev–Trinajstić information content (AvgIpc) is 2.65. The van der Waals surface area contributed by atoms with Crippen LogP contribution in [0.4, 0.5) is 4.79 Å². The van der Waals surface area contributed by atoms with Crippen molar-refractivity contribution in [3.63, 3.8) is 0 Å². The Balaban J connectivity index is 3.08. The first kappa shape index (κ1) is 24.1. The van der Waals surface area contributed by atoms with Crippen LogP contribution in [0.1, 0.15) is 46.1 Å². The Labute approximate surface area is 171 Å². The first-order valence-corrected chi connectivity index (χ1v) is 9.48. The van der Waals surface area contributed by atoms with E-state index in [0.29, 0.717) is 17.0 Å². The first-order chi connectivity index (χ1) is 13.6. The molecule has 1 unspecified atom stereocenters. The normalized spacial score (nSPS) is 12.6. The van der Waals surface area contributed by atoms with Gasteiger partial charge in [-0.25, -0.2) is 19.8 Å². The summed E-state index contributed by atoms with van der Waals surface area (Å²) in [7, 11) is 1.42. The van der Waals surface area contributed by atoms with Gasteiger partial charge in [-0.3, -0.25) is 4.84 Å². The molecule has 1 atom stereocenters. The van der Waals surface area contributed by atoms with Gasteiger partial charge in [0.25, 0.3) is 0 Å². The number of carbonyl (C=O) groups excluding carboxylic acids is 3. The molecular weight excluding hydrogens is 378 g/mol. The second-order valence-corrected chi connectivity index (χ2v) is 6.88. The molecule has 0 bridgehead atoms. The number of quaternary nitrogens is 1. The number of rotatable bonds is 6. The van der Waals surface area contributed by atoms with Crippen molar-refractivity contribution in [1.29, 1.82) is 5.41 Å². The van der Waals surface area contributed by atoms with E-state index in [2.05, 4.69) is 0 Å². The fraction of sp³-hybridized carbons (Fsp3) is 0.500. The summed E-state index contributed by atoms with van der Waals surface area (Å²) >= 11 is 0. The van der Waals surface area contributed by atoms with Gasteiger partial charge in [0.15, 0.2) is 0 Å². The fourth-order valence-corrected chi connectivity index (χ4v) is 2.27. The van der Waals surface area contributed by atoms with Gasteiger partial charge in [0.05, 0.1) is 13.0 Å². The third-order valence-electron chi connectivity index (χ3n) is 4.19. The van der Waals surface area contributed by atoms with E-state index in [4.69, 9.17) is 19.8 Å². The van der Waals surface area contributed by atoms with Gasteiger partial charge in [-0.2, -0.15) is 0 Å². The maximum atomic E-state index is 12.5. The lowest BCUT2D eigenvalue weighted by molar-refractivity contribution is -1.02. The Hall–Kier alpha value is -2.94. The van der Waals surface area contributed by atoms with E-state index >= 15 is 0 Å². The number of benzene rings is 1. The van der Waals surface area contributed by atoms with Crippen LogP contribution >= 0.6 is 0 Å². The van der Waals surface area contributed by atoms with Crippen molar-refractivity contribution in [2.24, 2.45) is 0 Å². The average molecular weight is 408 g/mol. The minimum atomic E-state index is -1.03. The van der Waals surface area contributed by atoms with Gasteiger partial charge < -0.3 is 9.57 Å². The molecule has 0 aliphatic rings. The molecule has 0 saturated heterocycles. The molecule has 0 aromatic heterocycles. The summed E-state index contributed by atoms with van der Waals surface area (Å²) in [5, 5.41) is 8.90. The summed E-state index contributed by atoms with van der Waals surface area (Å²) in [4.78, 5) is 46.9. The number of hydrogen-bond acceptors (Lipinski definition) is 7. The van der Waals surface area contributed by atoms with Crippen LogP contribution in [0.25, 0.3) is 0 Å². The summed E-state index contributed by atoms with van der Waals surface area (Å²) in [5.74, 6) is -1.97. The Morgan fingerprint density at radius 3 is 2.31 bits per heavy atom. The summed E-state index contributed by atoms with van der Waals surface area (Å²) in [6.45, 7) is 6.63. The monoisotopic (exact) mass is 408 g/mol. The third kappa shape index (κ3) is 7.19. The molecule has 9 nitrogen and oxygen atoms in total. The van der Waals surface area contributed by atoms with E-state index in [1.165, 1.54) is 14.0 Å². The zero-order chi connectivity index (χ0) is 22.0. The van der Waals surface area contributed by atoms with Crippen LogP contribution in [0.3, 0.4) is 0 Å². The molecule has 0 heterocycles. The van der Waals surface area contributed by atoms with Gasteiger partial charge in [-0.05, 0) is 30.9 Å². The molecule has 0 saturated carbocycles. The number of guanidine groups is 1. The highest BCUT2D eigenvalue weighted by Crippen LogP contribution is 2.17. The second-order valence-electron chi connectivity index (χ2n) is 6.88. The summed E-state index contributed by atoms with van der Waals surface area (Å²) in [6, 6.07) is 8.40. The number of hydroxylamine groups is 5. The zero-order valence-electron chi connectivity index (χ0n) is 17.6. The molecule has 9 heteroatoms. The summed E-state index contributed by atoms with van der Waals surface area (Å²) < 4.78 is 4.40. The van der Waals surface area contributed by atoms with E-state index < -0.39 is 34.7 Å². The highest BCUT2D eigenvalue weighted by atomic mass is 16.8. The number of carbonyl (C=O) groups is 3. The fourth-order valence-electron chi connectivity index (χ4n) is 2.27. The van der Waals surface area contributed by atoms with E-state index in [9.17, 15) is 14.4 Å². The van der Waals surface area contributed by atoms with Crippen molar-refractivity contribution in [2.75, 3.05) is 13.7 Å². The van der Waals surface area contributed by atoms with E-state index in [1.54, 1.807) is 38.1 Å². The molecule has 1 rings (SSSR count). The van der Waals surface area contributed by atoms with Crippen LogP contribution in [0, 0.1) is 5.41 Å². The minimum absolute atomic E-state index is 0.105. The number of hydrogen-bond donors (Lipinski definition) is 1. The number of nitrogens with zero attached hydrogens (tertiary/aromatic N) is 2. The smallest absolute Gasteiger partial charge is 0.447 e. The van der Waals surface area contributed by atoms with Crippen molar-refractivity contribution in [2.45, 2.75) is 53.0 Å². The number of unbranched alkanes of at least 4 members (excludes halogenated alkanes) is 1. The van der Waals surface area contributed by atoms with Crippen molar-refractivity contribution in [3.8, 4) is 0 Å². The molecular formula is C20H30N3O6+. The van der Waals surface area contributed by atoms with Crippen LogP contribution in [0.2, 0.25) is 0 Å². The molecule has 0 aliphatic heterocycles. The van der Waals surface area contributed by atoms with Crippen LogP contribution < -0.4 is 0 Å². The van der Waals surface area contributed by atoms with Crippen molar-refractivity contribution in [1.82, 2.24) is 5.06 Å². The van der Waals surface area contributed by atoms with E-state index in [0.717, 1.165) is 6.42 Å². The minimum Gasteiger partial charge on any atom is -0.447 e. The molecule has 1 aromatic carbocycles. The molecule has 1 N–H and O–H groups in total. The SMILES string of the molecule is CCCCOC(=O)N(OC(=O)Cc1ccccc1)C(=N)[N+](C)(OC(C)=O)C(C)C. The van der Waals surface area contributed by atoms with Crippen molar-refractivity contribution >= 4 is 24.0 Å². The summed E-state index contributed by atoms with van der Waals surface area (Å²) in [6.07, 6.45) is 0.282. The predicted molar refractivity (Wildman–Crippen MR) is 105 cm³/mol. The molecule has 0 radical (unpaired) electrons. The van der Waals surface area contributed by atoms with Gasteiger partial charge in [0, 0.05) is 6.92 Å². The predicted octanol–water partition coefficient (Wildman–Crippen LogP) is 3.19. The van der Waals surface area contributed by atoms with Gasteiger partial charge in [-0.1, -0.05) is 48.3 Å². The zero-order valence-corrected chi connectivity index (χ0v) is 17.6. The topological polar surface area (TPSA) is 106 Å². The maximum absolute atomic E-state index is 12.5. The number of ether oxygens (including phenoxy) is 1.